The van der Waals surface area contributed by atoms with Crippen LogP contribution in [0.3, 0.4) is 0 Å². The Morgan fingerprint density at radius 2 is 1.76 bits per heavy atom. The van der Waals surface area contributed by atoms with Gasteiger partial charge < -0.3 is 14.8 Å². The number of aromatic nitrogens is 2. The van der Waals surface area contributed by atoms with Gasteiger partial charge in [0.1, 0.15) is 6.10 Å². The molecule has 2 unspecified atom stereocenters. The summed E-state index contributed by atoms with van der Waals surface area (Å²) in [5.74, 6) is 1.16. The van der Waals surface area contributed by atoms with Crippen molar-refractivity contribution >= 4 is 0 Å². The zero-order valence-corrected chi connectivity index (χ0v) is 14.2. The monoisotopic (exact) mass is 295 g/mol. The minimum absolute atomic E-state index is 0.0217. The van der Waals surface area contributed by atoms with Crippen LogP contribution in [-0.4, -0.2) is 43.9 Å². The first-order valence-corrected chi connectivity index (χ1v) is 7.62. The van der Waals surface area contributed by atoms with Crippen LogP contribution in [-0.2, 0) is 9.47 Å². The van der Waals surface area contributed by atoms with E-state index in [1.165, 1.54) is 5.56 Å². The van der Waals surface area contributed by atoms with Gasteiger partial charge in [-0.25, -0.2) is 9.97 Å². The maximum Gasteiger partial charge on any atom is 0.157 e. The van der Waals surface area contributed by atoms with Crippen molar-refractivity contribution in [2.75, 3.05) is 33.9 Å². The molecule has 1 N–H and O–H groups in total. The van der Waals surface area contributed by atoms with E-state index in [-0.39, 0.29) is 6.10 Å². The number of nitrogens with zero attached hydrogens (tertiary/aromatic N) is 2. The van der Waals surface area contributed by atoms with Gasteiger partial charge in [-0.15, -0.1) is 0 Å². The highest BCUT2D eigenvalue weighted by Gasteiger charge is 2.18. The molecule has 0 spiro atoms. The van der Waals surface area contributed by atoms with Crippen molar-refractivity contribution in [3.05, 3.63) is 22.8 Å². The fourth-order valence-electron chi connectivity index (χ4n) is 2.66. The molecule has 0 saturated carbocycles. The lowest BCUT2D eigenvalue weighted by molar-refractivity contribution is 0.0922. The highest BCUT2D eigenvalue weighted by atomic mass is 16.5. The third kappa shape index (κ3) is 5.02. The van der Waals surface area contributed by atoms with Crippen LogP contribution in [0, 0.1) is 13.8 Å². The van der Waals surface area contributed by atoms with Crippen LogP contribution >= 0.6 is 0 Å². The van der Waals surface area contributed by atoms with E-state index >= 15 is 0 Å². The molecular formula is C16H29N3O2. The molecule has 1 rings (SSSR count). The van der Waals surface area contributed by atoms with Crippen LogP contribution < -0.4 is 5.32 Å². The van der Waals surface area contributed by atoms with Crippen molar-refractivity contribution in [2.45, 2.75) is 46.1 Å². The summed E-state index contributed by atoms with van der Waals surface area (Å²) in [4.78, 5) is 9.31. The zero-order chi connectivity index (χ0) is 15.8. The molecule has 0 saturated heterocycles. The first-order chi connectivity index (χ1) is 10.0. The molecule has 1 aromatic heterocycles. The molecule has 0 aromatic carbocycles. The first kappa shape index (κ1) is 18.0. The van der Waals surface area contributed by atoms with Crippen LogP contribution in [0.4, 0.5) is 0 Å². The Balaban J connectivity index is 2.83. The van der Waals surface area contributed by atoms with Gasteiger partial charge in [-0.05, 0) is 31.7 Å². The van der Waals surface area contributed by atoms with Gasteiger partial charge in [-0.1, -0.05) is 13.8 Å². The third-order valence-electron chi connectivity index (χ3n) is 3.71. The second kappa shape index (κ2) is 9.07. The summed E-state index contributed by atoms with van der Waals surface area (Å²) in [6.45, 7) is 10.9. The fourth-order valence-corrected chi connectivity index (χ4v) is 2.66. The van der Waals surface area contributed by atoms with Crippen molar-refractivity contribution < 1.29 is 9.47 Å². The summed E-state index contributed by atoms with van der Waals surface area (Å²) in [6, 6.07) is 0. The standard InChI is InChI=1S/C16H29N3O2/c1-7-14(21-6)16-18-12(3)15(13(4)19-16)11(2)10-17-8-9-20-5/h11,14,17H,7-10H2,1-6H3. The SMILES string of the molecule is CCC(OC)c1nc(C)c(C(C)CNCCOC)c(C)n1. The lowest BCUT2D eigenvalue weighted by Crippen LogP contribution is -2.25. The Labute approximate surface area is 128 Å². The molecule has 0 amide bonds. The van der Waals surface area contributed by atoms with Crippen molar-refractivity contribution in [3.63, 3.8) is 0 Å². The number of nitrogens with one attached hydrogen (secondary N) is 1. The molecule has 120 valence electrons. The Bertz CT molecular complexity index is 411. The molecule has 5 heteroatoms. The minimum Gasteiger partial charge on any atom is -0.383 e. The predicted molar refractivity (Wildman–Crippen MR) is 84.7 cm³/mol. The van der Waals surface area contributed by atoms with E-state index in [0.717, 1.165) is 43.3 Å². The van der Waals surface area contributed by atoms with Crippen LogP contribution in [0.5, 0.6) is 0 Å². The predicted octanol–water partition coefficient (Wildman–Crippen LogP) is 2.53. The number of methoxy groups -OCH3 is 2. The Morgan fingerprint density at radius 3 is 2.24 bits per heavy atom. The zero-order valence-electron chi connectivity index (χ0n) is 14.2. The molecule has 0 bridgehead atoms. The van der Waals surface area contributed by atoms with Gasteiger partial charge in [0.05, 0.1) is 6.61 Å². The highest BCUT2D eigenvalue weighted by molar-refractivity contribution is 5.28. The van der Waals surface area contributed by atoms with Crippen LogP contribution in [0.2, 0.25) is 0 Å². The van der Waals surface area contributed by atoms with Gasteiger partial charge in [-0.2, -0.15) is 0 Å². The molecule has 21 heavy (non-hydrogen) atoms. The topological polar surface area (TPSA) is 56.3 Å². The average Bonchev–Trinajstić information content (AvgIpc) is 2.44. The maximum atomic E-state index is 5.44. The van der Waals surface area contributed by atoms with Crippen molar-refractivity contribution in [3.8, 4) is 0 Å². The lowest BCUT2D eigenvalue weighted by Gasteiger charge is -2.20. The normalized spacial score (nSPS) is 14.2. The summed E-state index contributed by atoms with van der Waals surface area (Å²) >= 11 is 0. The Morgan fingerprint density at radius 1 is 1.14 bits per heavy atom. The second-order valence-electron chi connectivity index (χ2n) is 5.40. The van der Waals surface area contributed by atoms with E-state index in [1.54, 1.807) is 14.2 Å². The summed E-state index contributed by atoms with van der Waals surface area (Å²) in [6.07, 6.45) is 0.856. The van der Waals surface area contributed by atoms with Crippen molar-refractivity contribution in [1.82, 2.24) is 15.3 Å². The smallest absolute Gasteiger partial charge is 0.157 e. The summed E-state index contributed by atoms with van der Waals surface area (Å²) in [5.41, 5.74) is 3.33. The molecule has 0 radical (unpaired) electrons. The van der Waals surface area contributed by atoms with Gasteiger partial charge in [0.15, 0.2) is 5.82 Å². The second-order valence-corrected chi connectivity index (χ2v) is 5.40. The van der Waals surface area contributed by atoms with E-state index in [4.69, 9.17) is 9.47 Å². The molecule has 1 aromatic rings. The number of rotatable bonds is 9. The largest absolute Gasteiger partial charge is 0.383 e. The molecule has 2 atom stereocenters. The van der Waals surface area contributed by atoms with Gasteiger partial charge in [0, 0.05) is 38.7 Å². The van der Waals surface area contributed by atoms with Crippen LogP contribution in [0.1, 0.15) is 55.1 Å². The van der Waals surface area contributed by atoms with E-state index < -0.39 is 0 Å². The third-order valence-corrected chi connectivity index (χ3v) is 3.71. The van der Waals surface area contributed by atoms with Gasteiger partial charge in [0.2, 0.25) is 0 Å². The quantitative estimate of drug-likeness (QED) is 0.710. The summed E-state index contributed by atoms with van der Waals surface area (Å²) < 4.78 is 10.5. The first-order valence-electron chi connectivity index (χ1n) is 7.62. The lowest BCUT2D eigenvalue weighted by atomic mass is 9.97. The van der Waals surface area contributed by atoms with Gasteiger partial charge in [0.25, 0.3) is 0 Å². The molecule has 0 fully saturated rings. The number of aryl methyl sites for hydroxylation is 2. The number of hydrogen-bond donors (Lipinski definition) is 1. The maximum absolute atomic E-state index is 5.44. The fraction of sp³-hybridized carbons (Fsp3) is 0.750. The average molecular weight is 295 g/mol. The van der Waals surface area contributed by atoms with E-state index in [2.05, 4.69) is 43.0 Å². The number of hydrogen-bond acceptors (Lipinski definition) is 5. The van der Waals surface area contributed by atoms with Gasteiger partial charge in [-0.3, -0.25) is 0 Å². The van der Waals surface area contributed by atoms with E-state index in [9.17, 15) is 0 Å². The van der Waals surface area contributed by atoms with Crippen molar-refractivity contribution in [2.24, 2.45) is 0 Å². The highest BCUT2D eigenvalue weighted by Crippen LogP contribution is 2.24. The Hall–Kier alpha value is -1.04. The molecule has 0 aliphatic rings. The van der Waals surface area contributed by atoms with Crippen LogP contribution in [0.15, 0.2) is 0 Å². The molecule has 5 nitrogen and oxygen atoms in total. The molecule has 0 aliphatic heterocycles. The van der Waals surface area contributed by atoms with Crippen LogP contribution in [0.25, 0.3) is 0 Å². The minimum atomic E-state index is -0.0217. The molecule has 0 aliphatic carbocycles. The molecule has 1 heterocycles. The Kier molecular flexibility index (Phi) is 7.78. The van der Waals surface area contributed by atoms with E-state index in [0.29, 0.717) is 5.92 Å². The van der Waals surface area contributed by atoms with E-state index in [1.807, 2.05) is 0 Å². The molecular weight excluding hydrogens is 266 g/mol. The van der Waals surface area contributed by atoms with Crippen molar-refractivity contribution in [1.29, 1.82) is 0 Å². The van der Waals surface area contributed by atoms with Gasteiger partial charge >= 0.3 is 0 Å². The summed E-state index contributed by atoms with van der Waals surface area (Å²) in [7, 11) is 3.42. The summed E-state index contributed by atoms with van der Waals surface area (Å²) in [5, 5.41) is 3.39. The number of ether oxygens (including phenoxy) is 2.